The molecule has 0 aliphatic heterocycles. The van der Waals surface area contributed by atoms with E-state index in [-0.39, 0.29) is 18.9 Å². The smallest absolute Gasteiger partial charge is 0.326 e. The van der Waals surface area contributed by atoms with Crippen LogP contribution in [0.25, 0.3) is 0 Å². The third kappa shape index (κ3) is 9.31. The van der Waals surface area contributed by atoms with Gasteiger partial charge in [-0.25, -0.2) is 4.79 Å². The summed E-state index contributed by atoms with van der Waals surface area (Å²) in [4.78, 5) is 59.2. The van der Waals surface area contributed by atoms with Gasteiger partial charge in [-0.1, -0.05) is 27.7 Å². The van der Waals surface area contributed by atoms with E-state index in [0.29, 0.717) is 0 Å². The highest BCUT2D eigenvalue weighted by molar-refractivity contribution is 5.95. The molecule has 0 aliphatic rings. The minimum Gasteiger partial charge on any atom is -0.480 e. The molecule has 0 aliphatic carbocycles. The maximum Gasteiger partial charge on any atom is 0.326 e. The number of rotatable bonds is 12. The Morgan fingerprint density at radius 1 is 0.893 bits per heavy atom. The molecule has 0 spiro atoms. The predicted octanol–water partition coefficient (Wildman–Crippen LogP) is -1.94. The van der Waals surface area contributed by atoms with E-state index in [4.69, 9.17) is 11.5 Å². The third-order valence-electron chi connectivity index (χ3n) is 3.81. The number of primary amides is 1. The van der Waals surface area contributed by atoms with E-state index in [9.17, 15) is 29.1 Å². The van der Waals surface area contributed by atoms with E-state index in [2.05, 4.69) is 16.0 Å². The van der Waals surface area contributed by atoms with Crippen molar-refractivity contribution in [1.29, 1.82) is 0 Å². The first-order valence-electron chi connectivity index (χ1n) is 9.00. The van der Waals surface area contributed by atoms with Gasteiger partial charge in [0.25, 0.3) is 0 Å². The molecule has 0 heterocycles. The molecule has 0 aromatic carbocycles. The Morgan fingerprint density at radius 2 is 1.43 bits per heavy atom. The lowest BCUT2D eigenvalue weighted by Crippen LogP contribution is -2.57. The summed E-state index contributed by atoms with van der Waals surface area (Å²) in [5, 5.41) is 16.3. The van der Waals surface area contributed by atoms with Gasteiger partial charge in [-0.05, 0) is 18.3 Å². The minimum atomic E-state index is -1.38. The van der Waals surface area contributed by atoms with Crippen LogP contribution in [0.3, 0.4) is 0 Å². The van der Waals surface area contributed by atoms with Gasteiger partial charge in [-0.2, -0.15) is 0 Å². The van der Waals surface area contributed by atoms with Crippen LogP contribution < -0.4 is 27.4 Å². The minimum absolute atomic E-state index is 0.0366. The van der Waals surface area contributed by atoms with Crippen molar-refractivity contribution in [3.63, 3.8) is 0 Å². The zero-order chi connectivity index (χ0) is 22.0. The number of carboxylic acids is 1. The molecule has 0 fully saturated rings. The van der Waals surface area contributed by atoms with Crippen molar-refractivity contribution < 1.29 is 29.1 Å². The Labute approximate surface area is 164 Å². The van der Waals surface area contributed by atoms with Gasteiger partial charge >= 0.3 is 5.97 Å². The highest BCUT2D eigenvalue weighted by Crippen LogP contribution is 2.07. The Kier molecular flexibility index (Phi) is 10.8. The van der Waals surface area contributed by atoms with Crippen molar-refractivity contribution in [2.45, 2.75) is 58.7 Å². The lowest BCUT2D eigenvalue weighted by molar-refractivity contribution is -0.143. The molecule has 3 atom stereocenters. The summed E-state index contributed by atoms with van der Waals surface area (Å²) in [7, 11) is 0. The molecule has 8 N–H and O–H groups in total. The Hall–Kier alpha value is -2.69. The summed E-state index contributed by atoms with van der Waals surface area (Å²) in [6, 6.07) is -3.56. The molecule has 160 valence electrons. The average molecular weight is 401 g/mol. The maximum absolute atomic E-state index is 12.6. The van der Waals surface area contributed by atoms with Gasteiger partial charge in [0.2, 0.25) is 23.6 Å². The van der Waals surface area contributed by atoms with Gasteiger partial charge in [0.1, 0.15) is 18.1 Å². The molecule has 0 bridgehead atoms. The largest absolute Gasteiger partial charge is 0.480 e. The number of carbonyl (C=O) groups is 5. The Bertz CT molecular complexity index is 593. The summed E-state index contributed by atoms with van der Waals surface area (Å²) in [5.41, 5.74) is 10.4. The number of carboxylic acid groups (broad SMARTS) is 1. The number of aliphatic carboxylic acids is 1. The molecule has 11 heteroatoms. The zero-order valence-corrected chi connectivity index (χ0v) is 16.7. The molecule has 3 unspecified atom stereocenters. The molecule has 0 saturated carbocycles. The highest BCUT2D eigenvalue weighted by Gasteiger charge is 2.31. The standard InChI is InChI=1S/C17H31N5O6/c1-8(2)5-10(20-13(24)7-18)15(25)21-11(6-12(19)23)16(26)22-14(9(3)4)17(27)28/h8-11,14H,5-7,18H2,1-4H3,(H2,19,23)(H,20,24)(H,21,25)(H,22,26)(H,27,28). The molecule has 0 aromatic rings. The van der Waals surface area contributed by atoms with Crippen LogP contribution in [0.2, 0.25) is 0 Å². The first-order chi connectivity index (χ1) is 12.9. The van der Waals surface area contributed by atoms with Crippen molar-refractivity contribution in [2.24, 2.45) is 23.3 Å². The first-order valence-corrected chi connectivity index (χ1v) is 9.00. The molecule has 4 amide bonds. The quantitative estimate of drug-likeness (QED) is 0.219. The second kappa shape index (κ2) is 11.9. The summed E-state index contributed by atoms with van der Waals surface area (Å²) >= 11 is 0. The molecule has 0 rings (SSSR count). The number of nitrogens with two attached hydrogens (primary N) is 2. The van der Waals surface area contributed by atoms with Gasteiger partial charge in [0, 0.05) is 0 Å². The number of hydrogen-bond acceptors (Lipinski definition) is 6. The van der Waals surface area contributed by atoms with E-state index in [1.807, 2.05) is 13.8 Å². The van der Waals surface area contributed by atoms with E-state index in [0.717, 1.165) is 0 Å². The summed E-state index contributed by atoms with van der Waals surface area (Å²) in [6.07, 6.45) is -0.256. The fraction of sp³-hybridized carbons (Fsp3) is 0.706. The molecule has 0 radical (unpaired) electrons. The molecule has 11 nitrogen and oxygen atoms in total. The van der Waals surface area contributed by atoms with Crippen molar-refractivity contribution >= 4 is 29.6 Å². The van der Waals surface area contributed by atoms with Crippen LogP contribution in [0.5, 0.6) is 0 Å². The second-order valence-corrected chi connectivity index (χ2v) is 7.25. The van der Waals surface area contributed by atoms with Crippen molar-refractivity contribution in [3.05, 3.63) is 0 Å². The van der Waals surface area contributed by atoms with Gasteiger partial charge in [0.15, 0.2) is 0 Å². The lowest BCUT2D eigenvalue weighted by atomic mass is 10.0. The van der Waals surface area contributed by atoms with E-state index >= 15 is 0 Å². The zero-order valence-electron chi connectivity index (χ0n) is 16.7. The van der Waals surface area contributed by atoms with E-state index in [1.54, 1.807) is 13.8 Å². The summed E-state index contributed by atoms with van der Waals surface area (Å²) < 4.78 is 0. The maximum atomic E-state index is 12.6. The van der Waals surface area contributed by atoms with Crippen LogP contribution >= 0.6 is 0 Å². The van der Waals surface area contributed by atoms with Gasteiger partial charge in [-0.15, -0.1) is 0 Å². The Balaban J connectivity index is 5.38. The van der Waals surface area contributed by atoms with E-state index < -0.39 is 60.1 Å². The predicted molar refractivity (Wildman–Crippen MR) is 101 cm³/mol. The van der Waals surface area contributed by atoms with Crippen molar-refractivity contribution in [1.82, 2.24) is 16.0 Å². The van der Waals surface area contributed by atoms with E-state index in [1.165, 1.54) is 0 Å². The van der Waals surface area contributed by atoms with Crippen molar-refractivity contribution in [3.8, 4) is 0 Å². The molecule has 28 heavy (non-hydrogen) atoms. The van der Waals surface area contributed by atoms with Crippen LogP contribution in [0.15, 0.2) is 0 Å². The number of carbonyl (C=O) groups excluding carboxylic acids is 4. The van der Waals surface area contributed by atoms with Gasteiger partial charge in [0.05, 0.1) is 13.0 Å². The lowest BCUT2D eigenvalue weighted by Gasteiger charge is -2.25. The van der Waals surface area contributed by atoms with Gasteiger partial charge in [-0.3, -0.25) is 19.2 Å². The fourth-order valence-corrected chi connectivity index (χ4v) is 2.41. The van der Waals surface area contributed by atoms with Crippen LogP contribution in [-0.2, 0) is 24.0 Å². The highest BCUT2D eigenvalue weighted by atomic mass is 16.4. The number of amides is 4. The monoisotopic (exact) mass is 401 g/mol. The first kappa shape index (κ1) is 25.3. The number of hydrogen-bond donors (Lipinski definition) is 6. The van der Waals surface area contributed by atoms with Crippen LogP contribution in [0, 0.1) is 11.8 Å². The average Bonchev–Trinajstić information content (AvgIpc) is 2.56. The summed E-state index contributed by atoms with van der Waals surface area (Å²) in [5.74, 6) is -4.61. The fourth-order valence-electron chi connectivity index (χ4n) is 2.41. The third-order valence-corrected chi connectivity index (χ3v) is 3.81. The second-order valence-electron chi connectivity index (χ2n) is 7.25. The summed E-state index contributed by atoms with van der Waals surface area (Å²) in [6.45, 7) is 6.55. The van der Waals surface area contributed by atoms with Crippen LogP contribution in [0.1, 0.15) is 40.5 Å². The normalized spacial score (nSPS) is 14.1. The number of nitrogens with one attached hydrogen (secondary N) is 3. The van der Waals surface area contributed by atoms with Crippen LogP contribution in [0.4, 0.5) is 0 Å². The molecule has 0 saturated heterocycles. The van der Waals surface area contributed by atoms with Crippen molar-refractivity contribution in [2.75, 3.05) is 6.54 Å². The topological polar surface area (TPSA) is 194 Å². The van der Waals surface area contributed by atoms with Gasteiger partial charge < -0.3 is 32.5 Å². The molecular weight excluding hydrogens is 370 g/mol. The molecule has 0 aromatic heterocycles. The Morgan fingerprint density at radius 3 is 1.82 bits per heavy atom. The molecular formula is C17H31N5O6. The SMILES string of the molecule is CC(C)CC(NC(=O)CN)C(=O)NC(CC(N)=O)C(=O)NC(C(=O)O)C(C)C. The van der Waals surface area contributed by atoms with Crippen LogP contribution in [-0.4, -0.2) is 59.4 Å².